The van der Waals surface area contributed by atoms with E-state index in [0.717, 1.165) is 5.56 Å². The SMILES string of the molecule is COCC(C)CC(=O)c1ccccc1.[Cl][Al]([Cl])[Cl]. The van der Waals surface area contributed by atoms with Crippen molar-refractivity contribution < 1.29 is 9.53 Å². The molecule has 0 saturated carbocycles. The number of hydrogen-bond acceptors (Lipinski definition) is 2. The van der Waals surface area contributed by atoms with Crippen molar-refractivity contribution in [1.82, 2.24) is 0 Å². The van der Waals surface area contributed by atoms with Gasteiger partial charge in [0.05, 0.1) is 0 Å². The second-order valence-corrected chi connectivity index (χ2v) is 10.2. The lowest BCUT2D eigenvalue weighted by molar-refractivity contribution is 0.0920. The Labute approximate surface area is 125 Å². The van der Waals surface area contributed by atoms with Crippen molar-refractivity contribution in [3.63, 3.8) is 0 Å². The summed E-state index contributed by atoms with van der Waals surface area (Å²) in [7, 11) is 16.5. The minimum absolute atomic E-state index is 0.190. The highest BCUT2D eigenvalue weighted by molar-refractivity contribution is 7.54. The second-order valence-electron chi connectivity index (χ2n) is 3.80. The minimum Gasteiger partial charge on any atom is -0.384 e. The number of rotatable bonds is 5. The maximum absolute atomic E-state index is 11.7. The van der Waals surface area contributed by atoms with Crippen LogP contribution in [0.4, 0.5) is 0 Å². The summed E-state index contributed by atoms with van der Waals surface area (Å²) in [6.07, 6.45) is 0.553. The summed E-state index contributed by atoms with van der Waals surface area (Å²) in [6, 6.07) is 9.38. The molecule has 1 rings (SSSR count). The van der Waals surface area contributed by atoms with E-state index in [-0.39, 0.29) is 11.7 Å². The standard InChI is InChI=1S/C12H16O2.Al.3ClH/c1-10(9-14-2)8-12(13)11-6-4-3-5-7-11;;;;/h3-7,10H,8-9H2,1-2H3;;3*1H/q;+3;;;/p-3. The third-order valence-corrected chi connectivity index (χ3v) is 2.08. The molecule has 0 aromatic heterocycles. The Morgan fingerprint density at radius 1 is 1.28 bits per heavy atom. The summed E-state index contributed by atoms with van der Waals surface area (Å²) in [6.45, 7) is 2.66. The lowest BCUT2D eigenvalue weighted by Gasteiger charge is -2.08. The third kappa shape index (κ3) is 10.2. The van der Waals surface area contributed by atoms with E-state index >= 15 is 0 Å². The van der Waals surface area contributed by atoms with E-state index in [1.165, 1.54) is 0 Å². The van der Waals surface area contributed by atoms with Gasteiger partial charge < -0.3 is 4.74 Å². The van der Waals surface area contributed by atoms with Gasteiger partial charge in [0.15, 0.2) is 5.78 Å². The number of Topliss-reactive ketones (excluding diaryl/α,β-unsaturated/α-hetero) is 1. The van der Waals surface area contributed by atoms with Crippen LogP contribution in [0.1, 0.15) is 23.7 Å². The zero-order valence-electron chi connectivity index (χ0n) is 10.4. The Morgan fingerprint density at radius 2 is 1.78 bits per heavy atom. The fraction of sp³-hybridized carbons (Fsp3) is 0.417. The number of methoxy groups -OCH3 is 1. The van der Waals surface area contributed by atoms with E-state index in [1.807, 2.05) is 37.3 Å². The fourth-order valence-corrected chi connectivity index (χ4v) is 1.40. The van der Waals surface area contributed by atoms with Crippen molar-refractivity contribution in [2.45, 2.75) is 13.3 Å². The first kappa shape index (κ1) is 18.3. The van der Waals surface area contributed by atoms with E-state index in [0.29, 0.717) is 13.0 Å². The zero-order chi connectivity index (χ0) is 14.0. The van der Waals surface area contributed by atoms with Crippen LogP contribution in [0.25, 0.3) is 0 Å². The molecule has 1 aromatic rings. The van der Waals surface area contributed by atoms with Crippen LogP contribution in [0.5, 0.6) is 0 Å². The van der Waals surface area contributed by atoms with Crippen LogP contribution in [0.3, 0.4) is 0 Å². The molecule has 0 spiro atoms. The van der Waals surface area contributed by atoms with Crippen molar-refractivity contribution in [3.05, 3.63) is 35.9 Å². The predicted molar refractivity (Wildman–Crippen MR) is 79.7 cm³/mol. The molecule has 1 aromatic carbocycles. The first-order valence-electron chi connectivity index (χ1n) is 5.46. The number of halogens is 3. The summed E-state index contributed by atoms with van der Waals surface area (Å²) in [4.78, 5) is 11.7. The van der Waals surface area contributed by atoms with Gasteiger partial charge in [-0.2, -0.15) is 0 Å². The first-order chi connectivity index (χ1) is 8.47. The highest BCUT2D eigenvalue weighted by Crippen LogP contribution is 2.09. The molecule has 18 heavy (non-hydrogen) atoms. The van der Waals surface area contributed by atoms with Gasteiger partial charge in [0, 0.05) is 25.7 Å². The lowest BCUT2D eigenvalue weighted by atomic mass is 10.0. The maximum Gasteiger partial charge on any atom is 0.643 e. The van der Waals surface area contributed by atoms with Crippen LogP contribution in [0.2, 0.25) is 0 Å². The Bertz CT molecular complexity index is 331. The summed E-state index contributed by atoms with van der Waals surface area (Å²) in [5.74, 6) is 0.475. The van der Waals surface area contributed by atoms with Crippen LogP contribution < -0.4 is 0 Å². The lowest BCUT2D eigenvalue weighted by Crippen LogP contribution is -2.10. The molecule has 0 heterocycles. The molecule has 0 amide bonds. The van der Waals surface area contributed by atoms with Gasteiger partial charge in [0.2, 0.25) is 0 Å². The highest BCUT2D eigenvalue weighted by atomic mass is 35.8. The average Bonchev–Trinajstić information content (AvgIpc) is 2.29. The fourth-order valence-electron chi connectivity index (χ4n) is 1.40. The van der Waals surface area contributed by atoms with Crippen molar-refractivity contribution in [2.24, 2.45) is 5.92 Å². The molecule has 0 aliphatic heterocycles. The van der Waals surface area contributed by atoms with Gasteiger partial charge in [-0.25, -0.2) is 30.1 Å². The molecular weight excluding hydrogens is 309 g/mol. The maximum atomic E-state index is 11.7. The van der Waals surface area contributed by atoms with Crippen LogP contribution >= 0.6 is 30.1 Å². The van der Waals surface area contributed by atoms with E-state index in [4.69, 9.17) is 34.9 Å². The minimum atomic E-state index is -1.72. The van der Waals surface area contributed by atoms with Crippen LogP contribution in [0, 0.1) is 5.92 Å². The smallest absolute Gasteiger partial charge is 0.384 e. The molecule has 0 N–H and O–H groups in total. The topological polar surface area (TPSA) is 26.3 Å². The number of ketones is 1. The quantitative estimate of drug-likeness (QED) is 0.598. The van der Waals surface area contributed by atoms with Gasteiger partial charge in [0.1, 0.15) is 0 Å². The molecule has 6 heteroatoms. The summed E-state index contributed by atoms with van der Waals surface area (Å²) < 4.78 is 4.99. The largest absolute Gasteiger partial charge is 0.643 e. The van der Waals surface area contributed by atoms with E-state index in [2.05, 4.69) is 0 Å². The molecule has 0 fully saturated rings. The van der Waals surface area contributed by atoms with E-state index in [1.54, 1.807) is 7.11 Å². The van der Waals surface area contributed by atoms with Crippen molar-refractivity contribution in [3.8, 4) is 0 Å². The molecule has 0 aliphatic rings. The Balaban J connectivity index is 0.000000631. The highest BCUT2D eigenvalue weighted by Gasteiger charge is 2.10. The van der Waals surface area contributed by atoms with E-state index in [9.17, 15) is 4.79 Å². The first-order valence-corrected chi connectivity index (χ1v) is 10.7. The number of ether oxygens (including phenoxy) is 1. The molecule has 100 valence electrons. The number of carbonyl (C=O) groups is 1. The Hall–Kier alpha value is 0.252. The van der Waals surface area contributed by atoms with Gasteiger partial charge in [-0.1, -0.05) is 37.3 Å². The van der Waals surface area contributed by atoms with Crippen LogP contribution in [-0.2, 0) is 4.74 Å². The van der Waals surface area contributed by atoms with Gasteiger partial charge >= 0.3 is 11.4 Å². The monoisotopic (exact) mass is 324 g/mol. The molecule has 0 saturated heterocycles. The van der Waals surface area contributed by atoms with Gasteiger partial charge in [0.25, 0.3) is 0 Å². The zero-order valence-corrected chi connectivity index (χ0v) is 13.8. The van der Waals surface area contributed by atoms with Crippen LogP contribution in [0.15, 0.2) is 30.3 Å². The summed E-state index contributed by atoms with van der Waals surface area (Å²) in [5.41, 5.74) is 0.787. The molecule has 0 radical (unpaired) electrons. The predicted octanol–water partition coefficient (Wildman–Crippen LogP) is 4.23. The van der Waals surface area contributed by atoms with Gasteiger partial charge in [-0.15, -0.1) is 0 Å². The van der Waals surface area contributed by atoms with Crippen LogP contribution in [-0.4, -0.2) is 30.9 Å². The van der Waals surface area contributed by atoms with E-state index < -0.39 is 11.4 Å². The molecule has 2 nitrogen and oxygen atoms in total. The van der Waals surface area contributed by atoms with Gasteiger partial charge in [-0.05, 0) is 5.92 Å². The van der Waals surface area contributed by atoms with Crippen molar-refractivity contribution in [1.29, 1.82) is 0 Å². The van der Waals surface area contributed by atoms with Gasteiger partial charge in [-0.3, -0.25) is 4.79 Å². The molecule has 1 unspecified atom stereocenters. The molecular formula is C12H16AlCl3O2. The third-order valence-electron chi connectivity index (χ3n) is 2.08. The molecule has 0 bridgehead atoms. The Morgan fingerprint density at radius 3 is 2.22 bits per heavy atom. The van der Waals surface area contributed by atoms with Crippen molar-refractivity contribution >= 4 is 47.3 Å². The molecule has 0 aliphatic carbocycles. The van der Waals surface area contributed by atoms with Crippen molar-refractivity contribution in [2.75, 3.05) is 13.7 Å². The normalized spacial score (nSPS) is 11.2. The number of hydrogen-bond donors (Lipinski definition) is 0. The second kappa shape index (κ2) is 11.1. The Kier molecular flexibility index (Phi) is 11.3. The average molecular weight is 326 g/mol. The number of benzene rings is 1. The summed E-state index contributed by atoms with van der Waals surface area (Å²) >= 11 is -1.72. The number of carbonyl (C=O) groups excluding carboxylic acids is 1. The summed E-state index contributed by atoms with van der Waals surface area (Å²) in [5, 5.41) is 0. The molecule has 1 atom stereocenters.